The van der Waals surface area contributed by atoms with Crippen molar-refractivity contribution in [2.75, 3.05) is 0 Å². The number of hydrogen-bond donors (Lipinski definition) is 0. The Morgan fingerprint density at radius 1 is 0.184 bits per heavy atom. The summed E-state index contributed by atoms with van der Waals surface area (Å²) >= 11 is 0. The van der Waals surface area contributed by atoms with E-state index in [1.165, 1.54) is 43.4 Å². The van der Waals surface area contributed by atoms with E-state index in [4.69, 9.17) is 8.83 Å². The second-order valence-corrected chi connectivity index (χ2v) is 23.1. The lowest BCUT2D eigenvalue weighted by Gasteiger charge is -2.14. The molecule has 0 bridgehead atoms. The molecule has 0 N–H and O–H groups in total. The zero-order chi connectivity index (χ0) is 57.1. The van der Waals surface area contributed by atoms with Crippen molar-refractivity contribution in [3.63, 3.8) is 0 Å². The third-order valence-corrected chi connectivity index (χ3v) is 18.1. The molecule has 0 amide bonds. The minimum absolute atomic E-state index is 0.858. The molecule has 0 radical (unpaired) electrons. The number of benzene rings is 15. The smallest absolute Gasteiger partial charge is 0.143 e. The lowest BCUT2D eigenvalue weighted by Crippen LogP contribution is -1.95. The van der Waals surface area contributed by atoms with Crippen molar-refractivity contribution in [2.24, 2.45) is 0 Å². The number of hydrogen-bond acceptors (Lipinski definition) is 2. The van der Waals surface area contributed by atoms with Gasteiger partial charge >= 0.3 is 0 Å². The van der Waals surface area contributed by atoms with E-state index in [-0.39, 0.29) is 0 Å². The van der Waals surface area contributed by atoms with Crippen molar-refractivity contribution in [3.8, 4) is 83.6 Å². The largest absolute Gasteiger partial charge is 0.455 e. The summed E-state index contributed by atoms with van der Waals surface area (Å²) in [5, 5.41) is 14.2. The predicted molar refractivity (Wildman–Crippen MR) is 366 cm³/mol. The first kappa shape index (κ1) is 49.0. The molecule has 15 aromatic carbocycles. The molecule has 0 saturated carbocycles. The van der Waals surface area contributed by atoms with Crippen LogP contribution in [0.2, 0.25) is 0 Å². The third kappa shape index (κ3) is 7.98. The van der Waals surface area contributed by atoms with Gasteiger partial charge in [0.1, 0.15) is 22.3 Å². The molecule has 0 aliphatic heterocycles. The maximum absolute atomic E-state index is 7.03. The highest BCUT2D eigenvalue weighted by atomic mass is 16.3. The van der Waals surface area contributed by atoms with E-state index in [1.807, 2.05) is 0 Å². The van der Waals surface area contributed by atoms with Crippen LogP contribution in [-0.4, -0.2) is 4.57 Å². The van der Waals surface area contributed by atoms with Crippen molar-refractivity contribution in [3.05, 3.63) is 309 Å². The van der Waals surface area contributed by atoms with Gasteiger partial charge < -0.3 is 13.4 Å². The van der Waals surface area contributed by atoms with Crippen molar-refractivity contribution in [2.45, 2.75) is 0 Å². The Kier molecular flexibility index (Phi) is 11.0. The molecule has 0 saturated heterocycles. The van der Waals surface area contributed by atoms with Crippen LogP contribution in [0.5, 0.6) is 0 Å². The molecule has 0 aliphatic rings. The van der Waals surface area contributed by atoms with Gasteiger partial charge in [0.25, 0.3) is 0 Å². The third-order valence-electron chi connectivity index (χ3n) is 18.1. The first-order chi connectivity index (χ1) is 43.1. The maximum Gasteiger partial charge on any atom is 0.143 e. The Hall–Kier alpha value is -11.5. The molecular formula is C84H51NO2. The predicted octanol–water partition coefficient (Wildman–Crippen LogP) is 23.7. The first-order valence-corrected chi connectivity index (χ1v) is 29.9. The van der Waals surface area contributed by atoms with Crippen LogP contribution < -0.4 is 0 Å². The standard InChI is InChI=1S/C84H51NO2/c1-5-18-52(19-6-1)57-35-40-81-75(44-57)77-48-62(54-22-9-3-10-23-54)46-72(83(77)86-81)60-33-38-70-71-39-34-61(73-47-63(55-24-11-4-12-25-55)49-78-76-45-58(53-20-7-2-8-21-53)36-41-82(76)87-84(73)78)51-80(71)85(79(70)50-60)64-27-17-26-56(42-64)59-32-37-69-67-30-14-13-28-65(67)66-29-15-16-31-68(66)74(69)43-59/h1-51H. The van der Waals surface area contributed by atoms with E-state index in [9.17, 15) is 0 Å². The Morgan fingerprint density at radius 3 is 0.989 bits per heavy atom. The van der Waals surface area contributed by atoms with Crippen LogP contribution in [0, 0.1) is 0 Å². The molecule has 3 aromatic heterocycles. The van der Waals surface area contributed by atoms with Crippen LogP contribution in [0.15, 0.2) is 318 Å². The highest BCUT2D eigenvalue weighted by molar-refractivity contribution is 6.26. The molecule has 3 heteroatoms. The SMILES string of the molecule is c1ccc(-c2ccc3oc4c(-c5ccc6c7ccc(-c8cc(-c9ccccc9)cc9c8oc8ccc(-c%10ccccc%10)cc89)cc7n(-c7cccc(-c8ccc9c%10ccccc%10c%10ccccc%10c9c8)c7)c6c5)cc(-c5ccccc5)cc4c3c2)cc1. The van der Waals surface area contributed by atoms with Gasteiger partial charge in [-0.1, -0.05) is 231 Å². The van der Waals surface area contributed by atoms with Gasteiger partial charge in [0.15, 0.2) is 0 Å². The summed E-state index contributed by atoms with van der Waals surface area (Å²) in [6.07, 6.45) is 0. The monoisotopic (exact) mass is 1110 g/mol. The van der Waals surface area contributed by atoms with Crippen LogP contribution in [0.25, 0.3) is 182 Å². The summed E-state index contributed by atoms with van der Waals surface area (Å²) in [6.45, 7) is 0. The number of aromatic nitrogens is 1. The van der Waals surface area contributed by atoms with Gasteiger partial charge in [-0.05, 0) is 178 Å². The summed E-state index contributed by atoms with van der Waals surface area (Å²) in [5.74, 6) is 0. The molecule has 404 valence electrons. The lowest BCUT2D eigenvalue weighted by molar-refractivity contribution is 0.669. The zero-order valence-corrected chi connectivity index (χ0v) is 47.2. The van der Waals surface area contributed by atoms with E-state index < -0.39 is 0 Å². The van der Waals surface area contributed by atoms with Crippen LogP contribution >= 0.6 is 0 Å². The molecular weight excluding hydrogens is 1050 g/mol. The highest BCUT2D eigenvalue weighted by Crippen LogP contribution is 2.47. The van der Waals surface area contributed by atoms with Gasteiger partial charge in [-0.3, -0.25) is 0 Å². The average molecular weight is 1110 g/mol. The van der Waals surface area contributed by atoms with Gasteiger partial charge in [-0.25, -0.2) is 0 Å². The van der Waals surface area contributed by atoms with Crippen molar-refractivity contribution >= 4 is 98.0 Å². The van der Waals surface area contributed by atoms with Crippen molar-refractivity contribution in [1.29, 1.82) is 0 Å². The lowest BCUT2D eigenvalue weighted by atomic mass is 9.92. The van der Waals surface area contributed by atoms with Gasteiger partial charge in [-0.15, -0.1) is 0 Å². The van der Waals surface area contributed by atoms with E-state index in [2.05, 4.69) is 314 Å². The molecule has 0 unspecified atom stereocenters. The first-order valence-electron chi connectivity index (χ1n) is 29.9. The minimum Gasteiger partial charge on any atom is -0.455 e. The Morgan fingerprint density at radius 2 is 0.517 bits per heavy atom. The van der Waals surface area contributed by atoms with Gasteiger partial charge in [-0.2, -0.15) is 0 Å². The fourth-order valence-corrected chi connectivity index (χ4v) is 13.9. The Bertz CT molecular complexity index is 5500. The van der Waals surface area contributed by atoms with Crippen LogP contribution in [0.3, 0.4) is 0 Å². The highest BCUT2D eigenvalue weighted by Gasteiger charge is 2.23. The number of rotatable bonds is 8. The van der Waals surface area contributed by atoms with Gasteiger partial charge in [0, 0.05) is 49.1 Å². The summed E-state index contributed by atoms with van der Waals surface area (Å²) in [6, 6.07) is 113. The van der Waals surface area contributed by atoms with E-state index in [0.717, 1.165) is 138 Å². The van der Waals surface area contributed by atoms with Gasteiger partial charge in [0.2, 0.25) is 0 Å². The minimum atomic E-state index is 0.858. The zero-order valence-electron chi connectivity index (χ0n) is 47.2. The van der Waals surface area contributed by atoms with Gasteiger partial charge in [0.05, 0.1) is 11.0 Å². The Labute approximate surface area is 501 Å². The van der Waals surface area contributed by atoms with Crippen molar-refractivity contribution in [1.82, 2.24) is 4.57 Å². The molecule has 0 fully saturated rings. The molecule has 3 heterocycles. The topological polar surface area (TPSA) is 31.2 Å². The average Bonchev–Trinajstić information content (AvgIpc) is 2.06. The van der Waals surface area contributed by atoms with Crippen LogP contribution in [0.4, 0.5) is 0 Å². The molecule has 3 nitrogen and oxygen atoms in total. The molecule has 18 rings (SSSR count). The van der Waals surface area contributed by atoms with Crippen LogP contribution in [0.1, 0.15) is 0 Å². The van der Waals surface area contributed by atoms with E-state index in [0.29, 0.717) is 0 Å². The Balaban J connectivity index is 0.881. The second-order valence-electron chi connectivity index (χ2n) is 23.1. The number of furan rings is 2. The molecule has 87 heavy (non-hydrogen) atoms. The normalized spacial score (nSPS) is 11.9. The summed E-state index contributed by atoms with van der Waals surface area (Å²) in [7, 11) is 0. The van der Waals surface area contributed by atoms with Crippen molar-refractivity contribution < 1.29 is 8.83 Å². The van der Waals surface area contributed by atoms with E-state index in [1.54, 1.807) is 0 Å². The quantitative estimate of drug-likeness (QED) is 0.142. The number of nitrogens with zero attached hydrogens (tertiary/aromatic N) is 1. The molecule has 0 aliphatic carbocycles. The fourth-order valence-electron chi connectivity index (χ4n) is 13.9. The van der Waals surface area contributed by atoms with E-state index >= 15 is 0 Å². The second kappa shape index (κ2) is 19.5. The summed E-state index contributed by atoms with van der Waals surface area (Å²) in [4.78, 5) is 0. The summed E-state index contributed by atoms with van der Waals surface area (Å²) < 4.78 is 16.5. The fraction of sp³-hybridized carbons (Fsp3) is 0. The molecule has 18 aromatic rings. The van der Waals surface area contributed by atoms with Crippen LogP contribution in [-0.2, 0) is 0 Å². The molecule has 0 spiro atoms. The molecule has 0 atom stereocenters. The maximum atomic E-state index is 7.03. The number of fused-ring (bicyclic) bond motifs is 15. The summed E-state index contributed by atoms with van der Waals surface area (Å²) in [5.41, 5.74) is 22.4.